The molecule has 2 heterocycles. The Kier molecular flexibility index (Phi) is 4.33. The summed E-state index contributed by atoms with van der Waals surface area (Å²) in [6, 6.07) is 0. The van der Waals surface area contributed by atoms with E-state index in [0.29, 0.717) is 16.4 Å². The van der Waals surface area contributed by atoms with Gasteiger partial charge in [-0.15, -0.1) is 10.2 Å². The van der Waals surface area contributed by atoms with Gasteiger partial charge in [0.15, 0.2) is 4.34 Å². The number of fused-ring (bicyclic) bond motifs is 1. The largest absolute Gasteiger partial charge is 0.376 e. The summed E-state index contributed by atoms with van der Waals surface area (Å²) in [4.78, 5) is 29.6. The summed E-state index contributed by atoms with van der Waals surface area (Å²) in [5.74, 6) is -0.460. The van der Waals surface area contributed by atoms with E-state index in [1.165, 1.54) is 23.1 Å². The number of allylic oxidation sites excluding steroid dienone is 1. The van der Waals surface area contributed by atoms with Crippen molar-refractivity contribution in [3.63, 3.8) is 0 Å². The zero-order valence-electron chi connectivity index (χ0n) is 13.2. The summed E-state index contributed by atoms with van der Waals surface area (Å²) >= 11 is 2.73. The van der Waals surface area contributed by atoms with Crippen molar-refractivity contribution < 1.29 is 14.4 Å². The molecular weight excluding hydrogens is 350 g/mol. The van der Waals surface area contributed by atoms with Gasteiger partial charge in [-0.05, 0) is 19.3 Å². The number of nitrogens with zero attached hydrogens (tertiary/aromatic N) is 2. The number of carbonyl (C=O) groups excluding carboxylic acids is 2. The lowest BCUT2D eigenvalue weighted by Crippen LogP contribution is -2.35. The Morgan fingerprint density at radius 3 is 2.88 bits per heavy atom. The second kappa shape index (κ2) is 6.29. The number of aromatic nitrogens is 2. The Balaban J connectivity index is 1.82. The van der Waals surface area contributed by atoms with Crippen molar-refractivity contribution in [2.24, 2.45) is 5.41 Å². The van der Waals surface area contributed by atoms with Gasteiger partial charge in [-0.3, -0.25) is 14.9 Å². The third-order valence-electron chi connectivity index (χ3n) is 3.56. The summed E-state index contributed by atoms with van der Waals surface area (Å²) < 4.78 is 0.757. The maximum atomic E-state index is 12.4. The second-order valence-electron chi connectivity index (χ2n) is 5.23. The topological polar surface area (TPSA) is 105 Å². The predicted octanol–water partition coefficient (Wildman–Crippen LogP) is 1.19. The molecule has 24 heavy (non-hydrogen) atoms. The first kappa shape index (κ1) is 16.5. The van der Waals surface area contributed by atoms with E-state index in [0.717, 1.165) is 4.34 Å². The molecule has 2 amide bonds. The van der Waals surface area contributed by atoms with Crippen molar-refractivity contribution in [2.75, 3.05) is 18.6 Å². The van der Waals surface area contributed by atoms with E-state index in [9.17, 15) is 9.59 Å². The Morgan fingerprint density at radius 2 is 2.21 bits per heavy atom. The maximum absolute atomic E-state index is 12.4. The highest BCUT2D eigenvalue weighted by Crippen LogP contribution is 2.35. The van der Waals surface area contributed by atoms with Crippen LogP contribution < -0.4 is 16.1 Å². The van der Waals surface area contributed by atoms with E-state index in [-0.39, 0.29) is 11.7 Å². The van der Waals surface area contributed by atoms with Crippen LogP contribution in [0.3, 0.4) is 0 Å². The number of nitrogens with one attached hydrogen (secondary N) is 3. The SMILES string of the molecule is CNC(=O)C1(C)C=CC2=C(C(=O)Nc3nnc(SC)s3)ONC2=C1. The number of amides is 2. The summed E-state index contributed by atoms with van der Waals surface area (Å²) in [5.41, 5.74) is 3.05. The zero-order valence-corrected chi connectivity index (χ0v) is 14.8. The van der Waals surface area contributed by atoms with Gasteiger partial charge in [0.25, 0.3) is 5.91 Å². The van der Waals surface area contributed by atoms with Crippen LogP contribution in [-0.2, 0) is 14.4 Å². The molecule has 0 saturated heterocycles. The Morgan fingerprint density at radius 1 is 1.42 bits per heavy atom. The van der Waals surface area contributed by atoms with Gasteiger partial charge in [-0.2, -0.15) is 0 Å². The van der Waals surface area contributed by atoms with Crippen LogP contribution in [-0.4, -0.2) is 35.3 Å². The number of anilines is 1. The van der Waals surface area contributed by atoms with Crippen molar-refractivity contribution in [3.05, 3.63) is 35.3 Å². The zero-order chi connectivity index (χ0) is 17.3. The van der Waals surface area contributed by atoms with Gasteiger partial charge in [0, 0.05) is 7.05 Å². The highest BCUT2D eigenvalue weighted by atomic mass is 32.2. The molecule has 1 aliphatic heterocycles. The molecule has 0 saturated carbocycles. The lowest BCUT2D eigenvalue weighted by Gasteiger charge is -2.23. The van der Waals surface area contributed by atoms with E-state index in [1.807, 2.05) is 6.26 Å². The summed E-state index contributed by atoms with van der Waals surface area (Å²) in [5, 5.41) is 13.5. The monoisotopic (exact) mass is 365 g/mol. The van der Waals surface area contributed by atoms with Gasteiger partial charge in [-0.1, -0.05) is 35.3 Å². The summed E-state index contributed by atoms with van der Waals surface area (Å²) in [7, 11) is 1.58. The molecule has 126 valence electrons. The molecule has 3 rings (SSSR count). The van der Waals surface area contributed by atoms with Crippen molar-refractivity contribution in [1.82, 2.24) is 21.0 Å². The number of hydrogen-bond acceptors (Lipinski definition) is 8. The molecule has 0 spiro atoms. The second-order valence-corrected chi connectivity index (χ2v) is 7.26. The Bertz CT molecular complexity index is 798. The van der Waals surface area contributed by atoms with Crippen molar-refractivity contribution >= 4 is 40.0 Å². The molecular formula is C14H15N5O3S2. The minimum absolute atomic E-state index is 0.123. The van der Waals surface area contributed by atoms with E-state index < -0.39 is 11.3 Å². The third kappa shape index (κ3) is 2.89. The molecule has 1 unspecified atom stereocenters. The molecule has 10 heteroatoms. The van der Waals surface area contributed by atoms with Gasteiger partial charge in [0.05, 0.1) is 16.7 Å². The van der Waals surface area contributed by atoms with Crippen LogP contribution in [0.1, 0.15) is 6.92 Å². The van der Waals surface area contributed by atoms with E-state index in [1.54, 1.807) is 32.2 Å². The molecule has 2 aliphatic rings. The fourth-order valence-electron chi connectivity index (χ4n) is 2.29. The number of carbonyl (C=O) groups is 2. The molecule has 0 aromatic carbocycles. The first-order valence-electron chi connectivity index (χ1n) is 6.97. The summed E-state index contributed by atoms with van der Waals surface area (Å²) in [6.07, 6.45) is 7.03. The minimum atomic E-state index is -0.803. The number of rotatable bonds is 4. The van der Waals surface area contributed by atoms with Crippen molar-refractivity contribution in [1.29, 1.82) is 0 Å². The quantitative estimate of drug-likeness (QED) is 0.544. The smallest absolute Gasteiger partial charge is 0.296 e. The number of hydroxylamine groups is 1. The van der Waals surface area contributed by atoms with Crippen LogP contribution in [0, 0.1) is 5.41 Å². The molecule has 1 aromatic heterocycles. The molecule has 1 aromatic rings. The van der Waals surface area contributed by atoms with Gasteiger partial charge in [0.2, 0.25) is 16.8 Å². The molecule has 3 N–H and O–H groups in total. The normalized spacial score (nSPS) is 21.5. The average Bonchev–Trinajstić information content (AvgIpc) is 3.19. The Hall–Kier alpha value is -2.33. The van der Waals surface area contributed by atoms with E-state index in [4.69, 9.17) is 4.84 Å². The fourth-order valence-corrected chi connectivity index (χ4v) is 3.46. The molecule has 1 atom stereocenters. The van der Waals surface area contributed by atoms with E-state index in [2.05, 4.69) is 26.3 Å². The van der Waals surface area contributed by atoms with Crippen LogP contribution in [0.15, 0.2) is 39.6 Å². The molecule has 8 nitrogen and oxygen atoms in total. The van der Waals surface area contributed by atoms with Gasteiger partial charge >= 0.3 is 0 Å². The lowest BCUT2D eigenvalue weighted by molar-refractivity contribution is -0.125. The maximum Gasteiger partial charge on any atom is 0.296 e. The van der Waals surface area contributed by atoms with Crippen LogP contribution in [0.25, 0.3) is 0 Å². The lowest BCUT2D eigenvalue weighted by atomic mass is 9.82. The predicted molar refractivity (Wildman–Crippen MR) is 91.0 cm³/mol. The highest BCUT2D eigenvalue weighted by Gasteiger charge is 2.36. The molecule has 0 fully saturated rings. The van der Waals surface area contributed by atoms with Crippen LogP contribution in [0.2, 0.25) is 0 Å². The van der Waals surface area contributed by atoms with Crippen molar-refractivity contribution in [2.45, 2.75) is 11.3 Å². The minimum Gasteiger partial charge on any atom is -0.376 e. The average molecular weight is 365 g/mol. The van der Waals surface area contributed by atoms with Crippen LogP contribution >= 0.6 is 23.1 Å². The van der Waals surface area contributed by atoms with Crippen LogP contribution in [0.4, 0.5) is 5.13 Å². The van der Waals surface area contributed by atoms with Gasteiger partial charge < -0.3 is 10.2 Å². The van der Waals surface area contributed by atoms with Gasteiger partial charge in [-0.25, -0.2) is 5.48 Å². The van der Waals surface area contributed by atoms with E-state index >= 15 is 0 Å². The molecule has 0 radical (unpaired) electrons. The summed E-state index contributed by atoms with van der Waals surface area (Å²) in [6.45, 7) is 1.77. The van der Waals surface area contributed by atoms with Crippen LogP contribution in [0.5, 0.6) is 0 Å². The first-order chi connectivity index (χ1) is 11.5. The third-order valence-corrected chi connectivity index (χ3v) is 5.38. The first-order valence-corrected chi connectivity index (χ1v) is 9.01. The van der Waals surface area contributed by atoms with Crippen molar-refractivity contribution in [3.8, 4) is 0 Å². The molecule has 1 aliphatic carbocycles. The molecule has 0 bridgehead atoms. The fraction of sp³-hybridized carbons (Fsp3) is 0.286. The Labute approximate surface area is 146 Å². The standard InChI is InChI=1S/C14H15N5O3S2/c1-14(11(21)15-2)5-4-7-8(6-14)19-22-9(7)10(20)16-12-17-18-13(23-3)24-12/h4-6,19H,1-3H3,(H,15,21)(H,16,17,20). The number of hydrogen-bond donors (Lipinski definition) is 3. The van der Waals surface area contributed by atoms with Gasteiger partial charge in [0.1, 0.15) is 0 Å². The highest BCUT2D eigenvalue weighted by molar-refractivity contribution is 8.00. The number of thioether (sulfide) groups is 1.